The number of aliphatic hydroxyl groups is 1. The van der Waals surface area contributed by atoms with Crippen molar-refractivity contribution in [1.82, 2.24) is 0 Å². The predicted molar refractivity (Wildman–Crippen MR) is 29.7 cm³/mol. The lowest BCUT2D eigenvalue weighted by Crippen LogP contribution is -2.03. The molecule has 0 saturated heterocycles. The van der Waals surface area contributed by atoms with Crippen LogP contribution in [0.3, 0.4) is 0 Å². The zero-order valence-electron chi connectivity index (χ0n) is 4.52. The number of hydrogen-bond acceptors (Lipinski definition) is 2. The van der Waals surface area contributed by atoms with Crippen LogP contribution in [-0.2, 0) is 0 Å². The average Bonchev–Trinajstić information content (AvgIpc) is 1.72. The third kappa shape index (κ3) is 2.34. The molecule has 0 aliphatic carbocycles. The fourth-order valence-corrected chi connectivity index (χ4v) is 0.300. The Bertz CT molecular complexity index is 50.0. The smallest absolute Gasteiger partial charge is 0.0508 e. The topological polar surface area (TPSA) is 44.1 Å². The van der Waals surface area contributed by atoms with E-state index in [2.05, 4.69) is 0 Å². The minimum Gasteiger partial charge on any atom is -0.396 e. The summed E-state index contributed by atoms with van der Waals surface area (Å²) in [7, 11) is 0. The van der Waals surface area contributed by atoms with Crippen molar-refractivity contribution in [2.24, 2.45) is 5.92 Å². The Morgan fingerprint density at radius 1 is 1.86 bits per heavy atom. The maximum absolute atomic E-state index is 8.37. The molecule has 0 bridgehead atoms. The van der Waals surface area contributed by atoms with Crippen molar-refractivity contribution in [1.29, 1.82) is 5.41 Å². The number of hydrogen-bond donors (Lipinski definition) is 2. The Morgan fingerprint density at radius 2 is 2.43 bits per heavy atom. The van der Waals surface area contributed by atoms with E-state index in [0.717, 1.165) is 6.42 Å². The average molecular weight is 101 g/mol. The maximum Gasteiger partial charge on any atom is 0.0508 e. The lowest BCUT2D eigenvalue weighted by Gasteiger charge is -1.99. The van der Waals surface area contributed by atoms with Crippen LogP contribution in [0.4, 0.5) is 0 Å². The van der Waals surface area contributed by atoms with Crippen LogP contribution in [0.25, 0.3) is 0 Å². The maximum atomic E-state index is 8.37. The van der Waals surface area contributed by atoms with Gasteiger partial charge in [-0.05, 0) is 6.42 Å². The highest BCUT2D eigenvalue weighted by Gasteiger charge is 1.95. The molecule has 1 atom stereocenters. The van der Waals surface area contributed by atoms with Crippen LogP contribution in [0.1, 0.15) is 13.3 Å². The second kappa shape index (κ2) is 3.81. The van der Waals surface area contributed by atoms with Crippen molar-refractivity contribution < 1.29 is 5.11 Å². The molecule has 42 valence electrons. The van der Waals surface area contributed by atoms with Crippen molar-refractivity contribution in [3.63, 3.8) is 0 Å². The fourth-order valence-electron chi connectivity index (χ4n) is 0.300. The number of aliphatic hydroxyl groups excluding tert-OH is 1. The van der Waals surface area contributed by atoms with Crippen molar-refractivity contribution in [3.8, 4) is 0 Å². The van der Waals surface area contributed by atoms with Gasteiger partial charge in [-0.15, -0.1) is 0 Å². The van der Waals surface area contributed by atoms with Gasteiger partial charge in [0.1, 0.15) is 0 Å². The zero-order chi connectivity index (χ0) is 5.70. The normalized spacial score (nSPS) is 13.4. The largest absolute Gasteiger partial charge is 0.396 e. The first-order chi connectivity index (χ1) is 3.35. The van der Waals surface area contributed by atoms with Crippen molar-refractivity contribution in [2.75, 3.05) is 6.61 Å². The van der Waals surface area contributed by atoms with Gasteiger partial charge in [0.05, 0.1) is 6.61 Å². The zero-order valence-corrected chi connectivity index (χ0v) is 4.52. The Morgan fingerprint density at radius 3 is 2.43 bits per heavy atom. The van der Waals surface area contributed by atoms with Gasteiger partial charge in [0.25, 0.3) is 0 Å². The lowest BCUT2D eigenvalue weighted by molar-refractivity contribution is 0.260. The molecule has 0 heterocycles. The van der Waals surface area contributed by atoms with Crippen LogP contribution < -0.4 is 0 Å². The van der Waals surface area contributed by atoms with E-state index in [4.69, 9.17) is 10.5 Å². The van der Waals surface area contributed by atoms with Gasteiger partial charge < -0.3 is 10.5 Å². The number of rotatable bonds is 3. The lowest BCUT2D eigenvalue weighted by atomic mass is 10.1. The first kappa shape index (κ1) is 6.63. The molecule has 2 N–H and O–H groups in total. The van der Waals surface area contributed by atoms with Crippen LogP contribution in [0.15, 0.2) is 0 Å². The highest BCUT2D eigenvalue weighted by Crippen LogP contribution is 1.93. The molecule has 0 spiro atoms. The summed E-state index contributed by atoms with van der Waals surface area (Å²) in [5, 5.41) is 15.0. The Hall–Kier alpha value is -0.370. The summed E-state index contributed by atoms with van der Waals surface area (Å²) in [6.45, 7) is 2.06. The van der Waals surface area contributed by atoms with E-state index >= 15 is 0 Å². The monoisotopic (exact) mass is 101 g/mol. The molecular weight excluding hydrogens is 90.1 g/mol. The molecule has 0 aromatic rings. The van der Waals surface area contributed by atoms with Gasteiger partial charge >= 0.3 is 0 Å². The van der Waals surface area contributed by atoms with E-state index in [1.54, 1.807) is 0 Å². The van der Waals surface area contributed by atoms with Gasteiger partial charge in [0.2, 0.25) is 0 Å². The van der Waals surface area contributed by atoms with Crippen molar-refractivity contribution in [2.45, 2.75) is 13.3 Å². The highest BCUT2D eigenvalue weighted by atomic mass is 16.3. The molecule has 0 rings (SSSR count). The molecule has 0 amide bonds. The molecule has 0 aliphatic rings. The number of nitrogens with one attached hydrogen (secondary N) is 1. The Labute approximate surface area is 43.7 Å². The quantitative estimate of drug-likeness (QED) is 0.504. The summed E-state index contributed by atoms with van der Waals surface area (Å²) in [5.74, 6) is 0.0833. The molecule has 2 nitrogen and oxygen atoms in total. The minimum absolute atomic E-state index is 0.0833. The summed E-state index contributed by atoms with van der Waals surface area (Å²) in [6.07, 6.45) is 2.14. The van der Waals surface area contributed by atoms with Crippen LogP contribution in [-0.4, -0.2) is 17.9 Å². The van der Waals surface area contributed by atoms with E-state index in [9.17, 15) is 0 Å². The summed E-state index contributed by atoms with van der Waals surface area (Å²) >= 11 is 0. The first-order valence-electron chi connectivity index (χ1n) is 2.46. The third-order valence-electron chi connectivity index (χ3n) is 0.995. The molecule has 1 unspecified atom stereocenters. The molecule has 0 aromatic carbocycles. The van der Waals surface area contributed by atoms with Gasteiger partial charge in [-0.1, -0.05) is 6.92 Å². The van der Waals surface area contributed by atoms with E-state index < -0.39 is 0 Å². The molecule has 0 fully saturated rings. The van der Waals surface area contributed by atoms with Crippen molar-refractivity contribution >= 4 is 6.21 Å². The summed E-state index contributed by atoms with van der Waals surface area (Å²) in [6, 6.07) is 0. The summed E-state index contributed by atoms with van der Waals surface area (Å²) < 4.78 is 0. The summed E-state index contributed by atoms with van der Waals surface area (Å²) in [5.41, 5.74) is 0. The SMILES string of the molecule is CCC(C=N)CO. The molecule has 7 heavy (non-hydrogen) atoms. The Balaban J connectivity index is 3.16. The van der Waals surface area contributed by atoms with Crippen LogP contribution in [0.2, 0.25) is 0 Å². The van der Waals surface area contributed by atoms with Crippen LogP contribution >= 0.6 is 0 Å². The van der Waals surface area contributed by atoms with Gasteiger partial charge in [-0.3, -0.25) is 0 Å². The Kier molecular flexibility index (Phi) is 3.61. The highest BCUT2D eigenvalue weighted by molar-refractivity contribution is 5.56. The van der Waals surface area contributed by atoms with E-state index in [1.165, 1.54) is 6.21 Å². The molecule has 0 saturated carbocycles. The van der Waals surface area contributed by atoms with Gasteiger partial charge in [-0.25, -0.2) is 0 Å². The van der Waals surface area contributed by atoms with E-state index in [1.807, 2.05) is 6.92 Å². The molecule has 2 heteroatoms. The molecule has 0 aromatic heterocycles. The molecular formula is C5H11NO. The van der Waals surface area contributed by atoms with E-state index in [0.29, 0.717) is 0 Å². The molecule has 0 radical (unpaired) electrons. The second-order valence-corrected chi connectivity index (χ2v) is 1.52. The molecule has 0 aliphatic heterocycles. The van der Waals surface area contributed by atoms with E-state index in [-0.39, 0.29) is 12.5 Å². The standard InChI is InChI=1S/C5H11NO/c1-2-5(3-6)4-7/h3,5-7H,2,4H2,1H3. The second-order valence-electron chi connectivity index (χ2n) is 1.52. The third-order valence-corrected chi connectivity index (χ3v) is 0.995. The van der Waals surface area contributed by atoms with Gasteiger partial charge in [0.15, 0.2) is 0 Å². The summed E-state index contributed by atoms with van der Waals surface area (Å²) in [4.78, 5) is 0. The van der Waals surface area contributed by atoms with Crippen molar-refractivity contribution in [3.05, 3.63) is 0 Å². The first-order valence-corrected chi connectivity index (χ1v) is 2.46. The minimum atomic E-state index is 0.0833. The van der Waals surface area contributed by atoms with Gasteiger partial charge in [-0.2, -0.15) is 0 Å². The van der Waals surface area contributed by atoms with Gasteiger partial charge in [0, 0.05) is 12.1 Å². The fraction of sp³-hybridized carbons (Fsp3) is 0.800. The van der Waals surface area contributed by atoms with Crippen LogP contribution in [0.5, 0.6) is 0 Å². The van der Waals surface area contributed by atoms with Crippen LogP contribution in [0, 0.1) is 11.3 Å². The predicted octanol–water partition coefficient (Wildman–Crippen LogP) is 0.654.